The summed E-state index contributed by atoms with van der Waals surface area (Å²) in [6.07, 6.45) is 4.65. The largest absolute Gasteiger partial charge is 0.335 e. The van der Waals surface area contributed by atoms with Crippen molar-refractivity contribution in [1.82, 2.24) is 9.80 Å². The lowest BCUT2D eigenvalue weighted by molar-refractivity contribution is -0.137. The summed E-state index contributed by atoms with van der Waals surface area (Å²) in [5.41, 5.74) is 0.835. The second kappa shape index (κ2) is 8.69. The Morgan fingerprint density at radius 3 is 2.38 bits per heavy atom. The van der Waals surface area contributed by atoms with Gasteiger partial charge in [-0.05, 0) is 23.8 Å². The number of carbonyl (C=O) groups is 3. The van der Waals surface area contributed by atoms with E-state index in [4.69, 9.17) is 0 Å². The number of rotatable bonds is 5. The fourth-order valence-electron chi connectivity index (χ4n) is 3.56. The third-order valence-corrected chi connectivity index (χ3v) is 5.15. The van der Waals surface area contributed by atoms with E-state index in [9.17, 15) is 14.4 Å². The van der Waals surface area contributed by atoms with Gasteiger partial charge in [0.2, 0.25) is 5.78 Å². The van der Waals surface area contributed by atoms with E-state index in [0.29, 0.717) is 30.8 Å². The number of fused-ring (bicyclic) bond motifs is 1. The van der Waals surface area contributed by atoms with E-state index in [2.05, 4.69) is 13.2 Å². The predicted molar refractivity (Wildman–Crippen MR) is 115 cm³/mol. The molecular weight excluding hydrogens is 364 g/mol. The Morgan fingerprint density at radius 2 is 1.72 bits per heavy atom. The quantitative estimate of drug-likeness (QED) is 0.341. The number of ketones is 1. The number of benzene rings is 2. The third kappa shape index (κ3) is 4.19. The fraction of sp³-hybridized carbons (Fsp3) is 0.208. The van der Waals surface area contributed by atoms with Crippen LogP contribution in [-0.2, 0) is 9.59 Å². The number of carbonyl (C=O) groups excluding carboxylic acids is 3. The minimum Gasteiger partial charge on any atom is -0.335 e. The first-order valence-corrected chi connectivity index (χ1v) is 9.54. The number of piperazine rings is 1. The molecule has 1 aliphatic rings. The van der Waals surface area contributed by atoms with Crippen molar-refractivity contribution in [3.63, 3.8) is 0 Å². The number of Topliss-reactive ketones (excluding diaryl/α,β-unsaturated/α-hetero) is 1. The van der Waals surface area contributed by atoms with E-state index in [1.165, 1.54) is 6.08 Å². The summed E-state index contributed by atoms with van der Waals surface area (Å²) < 4.78 is 0. The Hall–Kier alpha value is -3.47. The van der Waals surface area contributed by atoms with Gasteiger partial charge in [0.05, 0.1) is 0 Å². The smallest absolute Gasteiger partial charge is 0.295 e. The topological polar surface area (TPSA) is 57.7 Å². The summed E-state index contributed by atoms with van der Waals surface area (Å²) in [5.74, 6) is -1.22. The van der Waals surface area contributed by atoms with Crippen molar-refractivity contribution in [2.45, 2.75) is 13.0 Å². The van der Waals surface area contributed by atoms with Gasteiger partial charge in [0.1, 0.15) is 0 Å². The molecule has 0 unspecified atom stereocenters. The average molecular weight is 388 g/mol. The van der Waals surface area contributed by atoms with Gasteiger partial charge in [-0.25, -0.2) is 0 Å². The highest BCUT2D eigenvalue weighted by atomic mass is 16.2. The molecule has 2 aromatic carbocycles. The van der Waals surface area contributed by atoms with Crippen molar-refractivity contribution in [3.8, 4) is 0 Å². The van der Waals surface area contributed by atoms with Crippen molar-refractivity contribution in [2.75, 3.05) is 19.6 Å². The molecule has 0 spiro atoms. The van der Waals surface area contributed by atoms with E-state index < -0.39 is 11.7 Å². The van der Waals surface area contributed by atoms with Gasteiger partial charge in [0.15, 0.2) is 0 Å². The molecule has 1 aliphatic heterocycles. The molecule has 0 saturated carbocycles. The van der Waals surface area contributed by atoms with Crippen LogP contribution >= 0.6 is 0 Å². The number of hydrogen-bond donors (Lipinski definition) is 0. The lowest BCUT2D eigenvalue weighted by atomic mass is 10.0. The molecule has 3 rings (SSSR count). The summed E-state index contributed by atoms with van der Waals surface area (Å²) in [7, 11) is 0. The molecule has 1 heterocycles. The lowest BCUT2D eigenvalue weighted by Crippen LogP contribution is -2.57. The molecule has 2 aromatic rings. The zero-order chi connectivity index (χ0) is 21.0. The summed E-state index contributed by atoms with van der Waals surface area (Å²) in [5, 5.41) is 1.93. The van der Waals surface area contributed by atoms with Crippen LogP contribution in [0.2, 0.25) is 0 Å². The molecule has 1 fully saturated rings. The Labute approximate surface area is 170 Å². The Morgan fingerprint density at radius 1 is 1.00 bits per heavy atom. The first-order chi connectivity index (χ1) is 14.0. The highest BCUT2D eigenvalue weighted by Crippen LogP contribution is 2.19. The van der Waals surface area contributed by atoms with Gasteiger partial charge >= 0.3 is 0 Å². The van der Waals surface area contributed by atoms with Gasteiger partial charge in [0, 0.05) is 36.8 Å². The van der Waals surface area contributed by atoms with Crippen LogP contribution in [-0.4, -0.2) is 53.1 Å². The summed E-state index contributed by atoms with van der Waals surface area (Å²) in [6.45, 7) is 10.1. The Balaban J connectivity index is 1.72. The van der Waals surface area contributed by atoms with Crippen LogP contribution < -0.4 is 0 Å². The minimum absolute atomic E-state index is 0.153. The molecule has 5 heteroatoms. The third-order valence-electron chi connectivity index (χ3n) is 5.15. The van der Waals surface area contributed by atoms with E-state index >= 15 is 0 Å². The van der Waals surface area contributed by atoms with E-state index in [1.54, 1.807) is 34.1 Å². The van der Waals surface area contributed by atoms with Crippen LogP contribution in [0.1, 0.15) is 17.3 Å². The maximum Gasteiger partial charge on any atom is 0.295 e. The molecule has 1 atom stereocenters. The van der Waals surface area contributed by atoms with Gasteiger partial charge < -0.3 is 9.80 Å². The number of hydrogen-bond acceptors (Lipinski definition) is 3. The predicted octanol–water partition coefficient (Wildman–Crippen LogP) is 3.38. The number of amides is 2. The molecule has 5 nitrogen and oxygen atoms in total. The van der Waals surface area contributed by atoms with Gasteiger partial charge in [-0.1, -0.05) is 67.8 Å². The monoisotopic (exact) mass is 388 g/mol. The average Bonchev–Trinajstić information content (AvgIpc) is 2.75. The zero-order valence-corrected chi connectivity index (χ0v) is 16.5. The molecule has 0 radical (unpaired) electrons. The normalized spacial score (nSPS) is 17.1. The van der Waals surface area contributed by atoms with E-state index in [0.717, 1.165) is 10.8 Å². The lowest BCUT2D eigenvalue weighted by Gasteiger charge is -2.39. The molecule has 2 amide bonds. The second-order valence-electron chi connectivity index (χ2n) is 7.05. The first-order valence-electron chi connectivity index (χ1n) is 9.54. The number of allylic oxidation sites excluding steroid dienone is 2. The molecule has 0 N–H and O–H groups in total. The van der Waals surface area contributed by atoms with E-state index in [1.807, 2.05) is 37.3 Å². The van der Waals surface area contributed by atoms with Gasteiger partial charge in [-0.3, -0.25) is 14.4 Å². The van der Waals surface area contributed by atoms with Crippen molar-refractivity contribution in [3.05, 3.63) is 85.0 Å². The van der Waals surface area contributed by atoms with Crippen molar-refractivity contribution >= 4 is 28.4 Å². The maximum absolute atomic E-state index is 12.8. The molecule has 0 aromatic heterocycles. The molecule has 0 aliphatic carbocycles. The first kappa shape index (κ1) is 20.3. The Bertz CT molecular complexity index is 1020. The number of nitrogens with zero attached hydrogens (tertiary/aromatic N) is 2. The standard InChI is InChI=1S/C24H24N2O3/c1-4-8-18(5-2)23(28)25-13-14-26(17(3)16-25)24(29)22(27)21-12-11-19-9-6-7-10-20(19)15-21/h4-12,15,17H,1-2,13-14,16H2,3H3/b18-8+/t17-/m1/s1. The minimum atomic E-state index is -0.537. The SMILES string of the molecule is C=C/C=C(\C=C)C(=O)N1CCN(C(=O)C(=O)c2ccc3ccccc3c2)[C@H](C)C1. The summed E-state index contributed by atoms with van der Waals surface area (Å²) >= 11 is 0. The summed E-state index contributed by atoms with van der Waals surface area (Å²) in [4.78, 5) is 41.4. The second-order valence-corrected chi connectivity index (χ2v) is 7.05. The van der Waals surface area contributed by atoms with Crippen LogP contribution in [0.3, 0.4) is 0 Å². The highest BCUT2D eigenvalue weighted by molar-refractivity contribution is 6.43. The van der Waals surface area contributed by atoms with Gasteiger partial charge in [-0.15, -0.1) is 0 Å². The van der Waals surface area contributed by atoms with Crippen molar-refractivity contribution < 1.29 is 14.4 Å². The fourth-order valence-corrected chi connectivity index (χ4v) is 3.56. The highest BCUT2D eigenvalue weighted by Gasteiger charge is 2.33. The van der Waals surface area contributed by atoms with Gasteiger partial charge in [-0.2, -0.15) is 0 Å². The van der Waals surface area contributed by atoms with Crippen molar-refractivity contribution in [2.24, 2.45) is 0 Å². The summed E-state index contributed by atoms with van der Waals surface area (Å²) in [6, 6.07) is 12.7. The molecule has 0 bridgehead atoms. The molecule has 148 valence electrons. The molecule has 1 saturated heterocycles. The van der Waals surface area contributed by atoms with Crippen LogP contribution in [0, 0.1) is 0 Å². The van der Waals surface area contributed by atoms with Crippen LogP contribution in [0.15, 0.2) is 79.4 Å². The van der Waals surface area contributed by atoms with Gasteiger partial charge in [0.25, 0.3) is 11.8 Å². The van der Waals surface area contributed by atoms with Crippen LogP contribution in [0.25, 0.3) is 10.8 Å². The van der Waals surface area contributed by atoms with Crippen LogP contribution in [0.4, 0.5) is 0 Å². The zero-order valence-electron chi connectivity index (χ0n) is 16.5. The Kier molecular flexibility index (Phi) is 6.07. The molecule has 29 heavy (non-hydrogen) atoms. The van der Waals surface area contributed by atoms with Crippen LogP contribution in [0.5, 0.6) is 0 Å². The van der Waals surface area contributed by atoms with E-state index in [-0.39, 0.29) is 11.9 Å². The maximum atomic E-state index is 12.8. The molecular formula is C24H24N2O3. The van der Waals surface area contributed by atoms with Crippen molar-refractivity contribution in [1.29, 1.82) is 0 Å².